The van der Waals surface area contributed by atoms with Gasteiger partial charge in [-0.05, 0) is 31.9 Å². The summed E-state index contributed by atoms with van der Waals surface area (Å²) in [4.78, 5) is 18.8. The van der Waals surface area contributed by atoms with E-state index < -0.39 is 16.0 Å². The van der Waals surface area contributed by atoms with E-state index in [9.17, 15) is 9.00 Å². The molecular weight excluding hydrogens is 366 g/mol. The molecule has 2 heterocycles. The molecule has 1 saturated heterocycles. The van der Waals surface area contributed by atoms with Gasteiger partial charge in [0.25, 0.3) is 0 Å². The van der Waals surface area contributed by atoms with E-state index in [1.165, 1.54) is 0 Å². The van der Waals surface area contributed by atoms with Crippen molar-refractivity contribution in [3.8, 4) is 17.1 Å². The maximum Gasteiger partial charge on any atom is 0.239 e. The fourth-order valence-electron chi connectivity index (χ4n) is 3.10. The normalized spacial score (nSPS) is 17.2. The van der Waals surface area contributed by atoms with Crippen molar-refractivity contribution < 1.29 is 18.3 Å². The van der Waals surface area contributed by atoms with Crippen molar-refractivity contribution in [3.63, 3.8) is 0 Å². The first-order chi connectivity index (χ1) is 13.1. The summed E-state index contributed by atoms with van der Waals surface area (Å²) < 4.78 is 23.1. The Morgan fingerprint density at radius 2 is 2.04 bits per heavy atom. The maximum atomic E-state index is 12.6. The van der Waals surface area contributed by atoms with Crippen molar-refractivity contribution >= 4 is 16.7 Å². The van der Waals surface area contributed by atoms with E-state index in [0.717, 1.165) is 44.3 Å². The maximum absolute atomic E-state index is 12.6. The molecule has 1 fully saturated rings. The molecule has 2 unspecified atom stereocenters. The second-order valence-corrected chi connectivity index (χ2v) is 8.41. The molecule has 146 valence electrons. The Morgan fingerprint density at radius 1 is 1.30 bits per heavy atom. The Balaban J connectivity index is 1.63. The minimum Gasteiger partial charge on any atom is -0.497 e. The second kappa shape index (κ2) is 9.12. The van der Waals surface area contributed by atoms with Crippen LogP contribution < -0.4 is 4.74 Å². The van der Waals surface area contributed by atoms with Gasteiger partial charge >= 0.3 is 0 Å². The quantitative estimate of drug-likeness (QED) is 0.753. The van der Waals surface area contributed by atoms with Crippen LogP contribution in [-0.4, -0.2) is 50.6 Å². The van der Waals surface area contributed by atoms with Gasteiger partial charge in [0, 0.05) is 29.5 Å². The van der Waals surface area contributed by atoms with Gasteiger partial charge in [0.05, 0.1) is 7.11 Å². The molecule has 2 aromatic rings. The fourth-order valence-corrected chi connectivity index (χ4v) is 4.08. The third-order valence-corrected chi connectivity index (χ3v) is 6.24. The Labute approximate surface area is 161 Å². The highest BCUT2D eigenvalue weighted by molar-refractivity contribution is 7.85. The van der Waals surface area contributed by atoms with Crippen LogP contribution in [0, 0.1) is 0 Å². The zero-order chi connectivity index (χ0) is 19.2. The molecule has 27 heavy (non-hydrogen) atoms. The van der Waals surface area contributed by atoms with E-state index in [0.29, 0.717) is 11.6 Å². The predicted molar refractivity (Wildman–Crippen MR) is 103 cm³/mol. The topological polar surface area (TPSA) is 85.5 Å². The highest BCUT2D eigenvalue weighted by Crippen LogP contribution is 2.22. The van der Waals surface area contributed by atoms with Crippen molar-refractivity contribution in [1.82, 2.24) is 15.0 Å². The number of aromatic nitrogens is 2. The van der Waals surface area contributed by atoms with Crippen LogP contribution in [0.5, 0.6) is 5.75 Å². The number of hydrogen-bond donors (Lipinski definition) is 0. The van der Waals surface area contributed by atoms with Gasteiger partial charge in [-0.15, -0.1) is 0 Å². The molecular formula is C19H25N3O4S. The van der Waals surface area contributed by atoms with Crippen LogP contribution in [-0.2, 0) is 21.3 Å². The third kappa shape index (κ3) is 4.94. The number of rotatable bonds is 6. The van der Waals surface area contributed by atoms with E-state index in [1.54, 1.807) is 20.1 Å². The summed E-state index contributed by atoms with van der Waals surface area (Å²) in [5.74, 6) is 1.38. The minimum absolute atomic E-state index is 0.0530. The molecule has 1 aromatic carbocycles. The molecule has 0 saturated carbocycles. The summed E-state index contributed by atoms with van der Waals surface area (Å²) in [6.07, 6.45) is 4.32. The number of hydrogen-bond acceptors (Lipinski definition) is 6. The van der Waals surface area contributed by atoms with Crippen molar-refractivity contribution in [2.75, 3.05) is 20.2 Å². The number of benzene rings is 1. The Kier molecular flexibility index (Phi) is 6.60. The van der Waals surface area contributed by atoms with Crippen LogP contribution in [0.15, 0.2) is 28.8 Å². The highest BCUT2D eigenvalue weighted by Gasteiger charge is 2.27. The largest absolute Gasteiger partial charge is 0.497 e. The molecule has 2 atom stereocenters. The molecule has 1 aliphatic rings. The van der Waals surface area contributed by atoms with E-state index in [2.05, 4.69) is 10.1 Å². The van der Waals surface area contributed by atoms with Gasteiger partial charge in [0.15, 0.2) is 0 Å². The van der Waals surface area contributed by atoms with Gasteiger partial charge < -0.3 is 14.2 Å². The number of carbonyl (C=O) groups is 1. The summed E-state index contributed by atoms with van der Waals surface area (Å²) in [6, 6.07) is 7.32. The number of carbonyl (C=O) groups excluding carboxylic acids is 1. The first-order valence-electron chi connectivity index (χ1n) is 9.21. The minimum atomic E-state index is -1.41. The van der Waals surface area contributed by atoms with Crippen LogP contribution in [0.3, 0.4) is 0 Å². The van der Waals surface area contributed by atoms with Crippen molar-refractivity contribution in [2.24, 2.45) is 0 Å². The monoisotopic (exact) mass is 391 g/mol. The summed E-state index contributed by atoms with van der Waals surface area (Å²) in [5, 5.41) is 3.36. The molecule has 1 amide bonds. The lowest BCUT2D eigenvalue weighted by Crippen LogP contribution is -2.40. The highest BCUT2D eigenvalue weighted by atomic mass is 32.2. The van der Waals surface area contributed by atoms with Gasteiger partial charge in [0.2, 0.25) is 17.6 Å². The van der Waals surface area contributed by atoms with Gasteiger partial charge in [-0.25, -0.2) is 0 Å². The molecule has 1 aliphatic heterocycles. The molecule has 0 N–H and O–H groups in total. The first kappa shape index (κ1) is 19.5. The smallest absolute Gasteiger partial charge is 0.239 e. The lowest BCUT2D eigenvalue weighted by atomic mass is 10.2. The standard InChI is InChI=1S/C19H25N3O4S/c1-14(19(23)22-10-5-3-4-6-11-22)27(24)13-17-20-18(21-26-17)15-8-7-9-16(12-15)25-2/h7-9,12,14H,3-6,10-11,13H2,1-2H3. The number of likely N-dealkylation sites (tertiary alicyclic amines) is 1. The molecule has 0 bridgehead atoms. The Hall–Kier alpha value is -2.22. The van der Waals surface area contributed by atoms with Crippen LogP contribution in [0.1, 0.15) is 38.5 Å². The van der Waals surface area contributed by atoms with E-state index in [-0.39, 0.29) is 17.6 Å². The van der Waals surface area contributed by atoms with Crippen molar-refractivity contribution in [1.29, 1.82) is 0 Å². The third-order valence-electron chi connectivity index (χ3n) is 4.72. The van der Waals surface area contributed by atoms with Crippen molar-refractivity contribution in [2.45, 2.75) is 43.6 Å². The molecule has 0 radical (unpaired) electrons. The Morgan fingerprint density at radius 3 is 2.74 bits per heavy atom. The molecule has 0 spiro atoms. The van der Waals surface area contributed by atoms with E-state index in [4.69, 9.17) is 9.26 Å². The van der Waals surface area contributed by atoms with Crippen molar-refractivity contribution in [3.05, 3.63) is 30.2 Å². The van der Waals surface area contributed by atoms with Crippen LogP contribution in [0.2, 0.25) is 0 Å². The molecule has 8 heteroatoms. The van der Waals surface area contributed by atoms with Crippen LogP contribution in [0.4, 0.5) is 0 Å². The van der Waals surface area contributed by atoms with E-state index >= 15 is 0 Å². The zero-order valence-corrected chi connectivity index (χ0v) is 16.5. The lowest BCUT2D eigenvalue weighted by Gasteiger charge is -2.23. The molecule has 1 aromatic heterocycles. The second-order valence-electron chi connectivity index (χ2n) is 6.65. The molecule has 7 nitrogen and oxygen atoms in total. The summed E-state index contributed by atoms with van der Waals surface area (Å²) >= 11 is 0. The number of ether oxygens (including phenoxy) is 1. The number of methoxy groups -OCH3 is 1. The predicted octanol–water partition coefficient (Wildman–Crippen LogP) is 2.79. The SMILES string of the molecule is COc1cccc(-c2noc(CS(=O)C(C)C(=O)N3CCCCCC3)n2)c1. The van der Waals surface area contributed by atoms with Gasteiger partial charge in [-0.2, -0.15) is 4.98 Å². The Bertz CT molecular complexity index is 800. The summed E-state index contributed by atoms with van der Waals surface area (Å²) in [6.45, 7) is 3.21. The average Bonchev–Trinajstić information content (AvgIpc) is 2.99. The number of amides is 1. The average molecular weight is 391 g/mol. The van der Waals surface area contributed by atoms with Gasteiger partial charge in [0.1, 0.15) is 16.8 Å². The fraction of sp³-hybridized carbons (Fsp3) is 0.526. The molecule has 3 rings (SSSR count). The summed E-state index contributed by atoms with van der Waals surface area (Å²) in [7, 11) is 0.176. The zero-order valence-electron chi connectivity index (χ0n) is 15.7. The van der Waals surface area contributed by atoms with E-state index in [1.807, 2.05) is 23.1 Å². The first-order valence-corrected chi connectivity index (χ1v) is 10.6. The lowest BCUT2D eigenvalue weighted by molar-refractivity contribution is -0.130. The van der Waals surface area contributed by atoms with Crippen LogP contribution in [0.25, 0.3) is 11.4 Å². The molecule has 0 aliphatic carbocycles. The van der Waals surface area contributed by atoms with Gasteiger partial charge in [-0.3, -0.25) is 9.00 Å². The van der Waals surface area contributed by atoms with Crippen LogP contribution >= 0.6 is 0 Å². The summed E-state index contributed by atoms with van der Waals surface area (Å²) in [5.41, 5.74) is 0.754. The van der Waals surface area contributed by atoms with Gasteiger partial charge in [-0.1, -0.05) is 30.1 Å². The number of nitrogens with zero attached hydrogens (tertiary/aromatic N) is 3.